The Balaban J connectivity index is 1.55. The van der Waals surface area contributed by atoms with Gasteiger partial charge in [-0.1, -0.05) is 72.8 Å². The lowest BCUT2D eigenvalue weighted by molar-refractivity contribution is 0.141. The molecule has 1 aliphatic carbocycles. The maximum Gasteiger partial charge on any atom is 0.201 e. The first-order valence-corrected chi connectivity index (χ1v) is 10.8. The van der Waals surface area contributed by atoms with E-state index in [2.05, 4.69) is 0 Å². The van der Waals surface area contributed by atoms with Crippen LogP contribution in [-0.4, -0.2) is 21.3 Å². The Morgan fingerprint density at radius 3 is 2.26 bits per heavy atom. The van der Waals surface area contributed by atoms with E-state index in [-0.39, 0.29) is 17.6 Å². The van der Waals surface area contributed by atoms with E-state index in [9.17, 15) is 10.2 Å². The molecule has 4 nitrogen and oxygen atoms in total. The predicted octanol–water partition coefficient (Wildman–Crippen LogP) is 5.81. The van der Waals surface area contributed by atoms with E-state index in [0.29, 0.717) is 5.89 Å². The maximum atomic E-state index is 10.8. The van der Waals surface area contributed by atoms with Gasteiger partial charge in [-0.3, -0.25) is 0 Å². The third kappa shape index (κ3) is 3.99. The van der Waals surface area contributed by atoms with Crippen molar-refractivity contribution in [3.63, 3.8) is 0 Å². The van der Waals surface area contributed by atoms with Crippen LogP contribution in [0.5, 0.6) is 5.75 Å². The van der Waals surface area contributed by atoms with Crippen molar-refractivity contribution in [3.8, 4) is 28.3 Å². The molecule has 156 valence electrons. The summed E-state index contributed by atoms with van der Waals surface area (Å²) < 4.78 is 6.38. The number of aliphatic hydroxyl groups excluding tert-OH is 1. The summed E-state index contributed by atoms with van der Waals surface area (Å²) >= 11 is 0. The number of aromatic nitrogens is 1. The predicted molar refractivity (Wildman–Crippen MR) is 121 cm³/mol. The third-order valence-electron chi connectivity index (χ3n) is 6.18. The number of phenolic OH excluding ortho intramolecular Hbond substituents is 1. The number of aliphatic hydroxyl groups is 1. The number of hydrogen-bond acceptors (Lipinski definition) is 4. The lowest BCUT2D eigenvalue weighted by atomic mass is 9.88. The van der Waals surface area contributed by atoms with Gasteiger partial charge in [0.25, 0.3) is 0 Å². The van der Waals surface area contributed by atoms with Crippen molar-refractivity contribution in [2.24, 2.45) is 5.92 Å². The number of aromatic hydroxyl groups is 1. The number of hydrogen-bond donors (Lipinski definition) is 2. The van der Waals surface area contributed by atoms with Crippen LogP contribution < -0.4 is 0 Å². The molecule has 1 heterocycles. The average Bonchev–Trinajstić information content (AvgIpc) is 3.38. The summed E-state index contributed by atoms with van der Waals surface area (Å²) in [6.45, 7) is 0. The number of oxazole rings is 1. The van der Waals surface area contributed by atoms with Crippen molar-refractivity contribution in [3.05, 3.63) is 96.4 Å². The molecule has 2 N–H and O–H groups in total. The van der Waals surface area contributed by atoms with E-state index in [1.54, 1.807) is 12.1 Å². The molecule has 3 unspecified atom stereocenters. The molecule has 0 bridgehead atoms. The van der Waals surface area contributed by atoms with Crippen molar-refractivity contribution in [2.75, 3.05) is 0 Å². The number of benzene rings is 3. The van der Waals surface area contributed by atoms with E-state index in [1.807, 2.05) is 72.8 Å². The molecule has 1 saturated carbocycles. The molecule has 4 heteroatoms. The summed E-state index contributed by atoms with van der Waals surface area (Å²) in [6, 6.07) is 27.4. The van der Waals surface area contributed by atoms with E-state index in [1.165, 1.54) is 0 Å². The van der Waals surface area contributed by atoms with E-state index in [0.717, 1.165) is 47.4 Å². The van der Waals surface area contributed by atoms with E-state index in [4.69, 9.17) is 9.40 Å². The van der Waals surface area contributed by atoms with Crippen LogP contribution in [0.25, 0.3) is 22.6 Å². The first-order valence-electron chi connectivity index (χ1n) is 10.8. The highest BCUT2D eigenvalue weighted by molar-refractivity contribution is 5.76. The fraction of sp³-hybridized carbons (Fsp3) is 0.222. The van der Waals surface area contributed by atoms with Crippen molar-refractivity contribution in [1.82, 2.24) is 4.98 Å². The Kier molecular flexibility index (Phi) is 5.31. The monoisotopic (exact) mass is 411 g/mol. The topological polar surface area (TPSA) is 66.5 Å². The molecule has 3 atom stereocenters. The molecule has 31 heavy (non-hydrogen) atoms. The molecule has 0 saturated heterocycles. The molecular formula is C27H25NO3. The summed E-state index contributed by atoms with van der Waals surface area (Å²) in [4.78, 5) is 4.92. The second-order valence-electron chi connectivity index (χ2n) is 8.27. The van der Waals surface area contributed by atoms with Crippen LogP contribution in [0.2, 0.25) is 0 Å². The van der Waals surface area contributed by atoms with Gasteiger partial charge in [0, 0.05) is 11.1 Å². The number of nitrogens with zero attached hydrogens (tertiary/aromatic N) is 1. The first kappa shape index (κ1) is 19.6. The zero-order chi connectivity index (χ0) is 21.2. The molecule has 0 spiro atoms. The molecule has 5 rings (SSSR count). The Morgan fingerprint density at radius 1 is 0.839 bits per heavy atom. The van der Waals surface area contributed by atoms with Crippen molar-refractivity contribution >= 4 is 0 Å². The Bertz CT molecular complexity index is 1100. The van der Waals surface area contributed by atoms with Crippen molar-refractivity contribution in [1.29, 1.82) is 0 Å². The van der Waals surface area contributed by atoms with Crippen molar-refractivity contribution < 1.29 is 14.6 Å². The van der Waals surface area contributed by atoms with Gasteiger partial charge in [0.05, 0.1) is 12.0 Å². The minimum absolute atomic E-state index is 0.178. The van der Waals surface area contributed by atoms with Gasteiger partial charge in [-0.25, -0.2) is 4.98 Å². The van der Waals surface area contributed by atoms with Gasteiger partial charge in [-0.05, 0) is 42.9 Å². The lowest BCUT2D eigenvalue weighted by Crippen LogP contribution is -2.19. The molecule has 3 aromatic carbocycles. The highest BCUT2D eigenvalue weighted by Crippen LogP contribution is 2.44. The molecular weight excluding hydrogens is 386 g/mol. The summed E-state index contributed by atoms with van der Waals surface area (Å²) in [5.74, 6) is 1.61. The fourth-order valence-electron chi connectivity index (χ4n) is 4.70. The Hall–Kier alpha value is -3.37. The second-order valence-corrected chi connectivity index (χ2v) is 8.27. The van der Waals surface area contributed by atoms with Gasteiger partial charge in [0.15, 0.2) is 5.76 Å². The van der Waals surface area contributed by atoms with Crippen LogP contribution >= 0.6 is 0 Å². The first-order chi connectivity index (χ1) is 15.2. The second kappa shape index (κ2) is 8.40. The SMILES string of the molecule is Oc1cccc(CC2CCC(O)C2c2nc(-c3ccccc3)c(-c3ccccc3)o2)c1. The summed E-state index contributed by atoms with van der Waals surface area (Å²) in [6.07, 6.45) is 1.89. The average molecular weight is 412 g/mol. The fourth-order valence-corrected chi connectivity index (χ4v) is 4.70. The largest absolute Gasteiger partial charge is 0.508 e. The highest BCUT2D eigenvalue weighted by atomic mass is 16.4. The zero-order valence-corrected chi connectivity index (χ0v) is 17.2. The molecule has 4 aromatic rings. The molecule has 0 aliphatic heterocycles. The standard InChI is InChI=1S/C27H25NO3/c29-22-13-7-8-18(17-22)16-21-14-15-23(30)24(21)27-28-25(19-9-3-1-4-10-19)26(31-27)20-11-5-2-6-12-20/h1-13,17,21,23-24,29-30H,14-16H2. The van der Waals surface area contributed by atoms with Crippen molar-refractivity contribution in [2.45, 2.75) is 31.3 Å². The lowest BCUT2D eigenvalue weighted by Gasteiger charge is -2.19. The summed E-state index contributed by atoms with van der Waals surface area (Å²) in [5, 5.41) is 20.7. The normalized spacial score (nSPS) is 20.7. The minimum atomic E-state index is -0.492. The van der Waals surface area contributed by atoms with Crippen LogP contribution in [0.4, 0.5) is 0 Å². The molecule has 1 aromatic heterocycles. The summed E-state index contributed by atoms with van der Waals surface area (Å²) in [7, 11) is 0. The van der Waals surface area contributed by atoms with Crippen LogP contribution in [0.15, 0.2) is 89.3 Å². The maximum absolute atomic E-state index is 10.8. The van der Waals surface area contributed by atoms with Crippen LogP contribution in [0, 0.1) is 5.92 Å². The van der Waals surface area contributed by atoms with Gasteiger partial charge < -0.3 is 14.6 Å². The van der Waals surface area contributed by atoms with Crippen LogP contribution in [-0.2, 0) is 6.42 Å². The summed E-state index contributed by atoms with van der Waals surface area (Å²) in [5.41, 5.74) is 3.82. The highest BCUT2D eigenvalue weighted by Gasteiger charge is 2.40. The van der Waals surface area contributed by atoms with E-state index < -0.39 is 6.10 Å². The quantitative estimate of drug-likeness (QED) is 0.435. The van der Waals surface area contributed by atoms with Gasteiger partial charge in [0.2, 0.25) is 5.89 Å². The zero-order valence-electron chi connectivity index (χ0n) is 17.2. The molecule has 1 aliphatic rings. The van der Waals surface area contributed by atoms with Gasteiger partial charge in [-0.2, -0.15) is 0 Å². The number of rotatable bonds is 5. The smallest absolute Gasteiger partial charge is 0.201 e. The molecule has 1 fully saturated rings. The molecule has 0 radical (unpaired) electrons. The Labute approximate surface area is 181 Å². The Morgan fingerprint density at radius 2 is 1.55 bits per heavy atom. The van der Waals surface area contributed by atoms with Crippen LogP contribution in [0.3, 0.4) is 0 Å². The van der Waals surface area contributed by atoms with Crippen LogP contribution in [0.1, 0.15) is 30.2 Å². The third-order valence-corrected chi connectivity index (χ3v) is 6.18. The minimum Gasteiger partial charge on any atom is -0.508 e. The van der Waals surface area contributed by atoms with Gasteiger partial charge in [-0.15, -0.1) is 0 Å². The molecule has 0 amide bonds. The van der Waals surface area contributed by atoms with Gasteiger partial charge >= 0.3 is 0 Å². The van der Waals surface area contributed by atoms with E-state index >= 15 is 0 Å². The van der Waals surface area contributed by atoms with Gasteiger partial charge in [0.1, 0.15) is 11.4 Å². The number of phenols is 1.